The molecule has 0 aliphatic carbocycles. The zero-order chi connectivity index (χ0) is 10.8. The summed E-state index contributed by atoms with van der Waals surface area (Å²) in [6, 6.07) is 4.27. The number of hydrogen-bond acceptors (Lipinski definition) is 2. The molecule has 1 aromatic carbocycles. The van der Waals surface area contributed by atoms with Crippen molar-refractivity contribution < 1.29 is 0 Å². The van der Waals surface area contributed by atoms with Crippen LogP contribution >= 0.6 is 0 Å². The van der Waals surface area contributed by atoms with Gasteiger partial charge in [-0.25, -0.2) is 0 Å². The minimum Gasteiger partial charge on any atom is -0.398 e. The van der Waals surface area contributed by atoms with E-state index in [1.54, 1.807) is 0 Å². The Labute approximate surface area is 91.9 Å². The summed E-state index contributed by atoms with van der Waals surface area (Å²) in [7, 11) is 0. The Kier molecular flexibility index (Phi) is 2.96. The maximum atomic E-state index is 6.00. The van der Waals surface area contributed by atoms with Crippen molar-refractivity contribution in [3.05, 3.63) is 28.8 Å². The van der Waals surface area contributed by atoms with Crippen LogP contribution in [0.3, 0.4) is 0 Å². The fraction of sp³-hybridized carbons (Fsp3) is 0.538. The first-order valence-electron chi connectivity index (χ1n) is 5.78. The smallest absolute Gasteiger partial charge is 0.0362 e. The van der Waals surface area contributed by atoms with Gasteiger partial charge in [0.25, 0.3) is 0 Å². The fourth-order valence-electron chi connectivity index (χ4n) is 2.34. The van der Waals surface area contributed by atoms with Gasteiger partial charge in [-0.15, -0.1) is 0 Å². The third-order valence-corrected chi connectivity index (χ3v) is 3.05. The van der Waals surface area contributed by atoms with E-state index in [0.29, 0.717) is 5.92 Å². The maximum Gasteiger partial charge on any atom is 0.0362 e. The molecule has 1 aliphatic rings. The van der Waals surface area contributed by atoms with Gasteiger partial charge in [0.15, 0.2) is 0 Å². The van der Waals surface area contributed by atoms with E-state index in [2.05, 4.69) is 31.3 Å². The van der Waals surface area contributed by atoms with Crippen LogP contribution in [0.25, 0.3) is 0 Å². The lowest BCUT2D eigenvalue weighted by molar-refractivity contribution is 0.613. The Hall–Kier alpha value is -1.02. The molecule has 0 fully saturated rings. The molecule has 0 unspecified atom stereocenters. The van der Waals surface area contributed by atoms with Crippen LogP contribution in [-0.4, -0.2) is 6.54 Å². The summed E-state index contributed by atoms with van der Waals surface area (Å²) in [6.07, 6.45) is 2.30. The summed E-state index contributed by atoms with van der Waals surface area (Å²) in [5.41, 5.74) is 11.3. The van der Waals surface area contributed by atoms with E-state index in [9.17, 15) is 0 Å². The highest BCUT2D eigenvalue weighted by atomic mass is 14.9. The van der Waals surface area contributed by atoms with E-state index in [4.69, 9.17) is 5.73 Å². The Balaban J connectivity index is 2.39. The monoisotopic (exact) mass is 204 g/mol. The molecule has 3 N–H and O–H groups in total. The number of benzene rings is 1. The minimum absolute atomic E-state index is 0.715. The van der Waals surface area contributed by atoms with Gasteiger partial charge in [0.1, 0.15) is 0 Å². The molecular formula is C13H20N2. The van der Waals surface area contributed by atoms with Gasteiger partial charge >= 0.3 is 0 Å². The van der Waals surface area contributed by atoms with Crippen LogP contribution in [0.2, 0.25) is 0 Å². The zero-order valence-corrected chi connectivity index (χ0v) is 9.64. The number of fused-ring (bicyclic) bond motifs is 1. The third-order valence-electron chi connectivity index (χ3n) is 3.05. The van der Waals surface area contributed by atoms with Gasteiger partial charge in [0.2, 0.25) is 0 Å². The van der Waals surface area contributed by atoms with E-state index in [-0.39, 0.29) is 0 Å². The summed E-state index contributed by atoms with van der Waals surface area (Å²) in [5.74, 6) is 0.715. The number of rotatable bonds is 2. The van der Waals surface area contributed by atoms with Crippen molar-refractivity contribution in [1.29, 1.82) is 0 Å². The first kappa shape index (κ1) is 10.5. The van der Waals surface area contributed by atoms with Crippen LogP contribution in [0.4, 0.5) is 5.69 Å². The fourth-order valence-corrected chi connectivity index (χ4v) is 2.34. The molecule has 15 heavy (non-hydrogen) atoms. The Morgan fingerprint density at radius 1 is 1.33 bits per heavy atom. The van der Waals surface area contributed by atoms with Gasteiger partial charge in [-0.3, -0.25) is 0 Å². The van der Waals surface area contributed by atoms with Crippen LogP contribution in [0.15, 0.2) is 12.1 Å². The number of nitrogen functional groups attached to an aromatic ring is 1. The second-order valence-electron chi connectivity index (χ2n) is 4.80. The largest absolute Gasteiger partial charge is 0.398 e. The molecule has 2 rings (SSSR count). The standard InChI is InChI=1S/C13H20N2/c1-9(2)7-10-3-4-13(14)12-8-15-6-5-11(10)12/h3-4,9,15H,5-8,14H2,1-2H3. The summed E-state index contributed by atoms with van der Waals surface area (Å²) < 4.78 is 0. The lowest BCUT2D eigenvalue weighted by Crippen LogP contribution is -2.26. The van der Waals surface area contributed by atoms with Crippen molar-refractivity contribution in [2.75, 3.05) is 12.3 Å². The molecule has 0 radical (unpaired) electrons. The lowest BCUT2D eigenvalue weighted by atomic mass is 9.90. The normalized spacial score (nSPS) is 15.4. The third kappa shape index (κ3) is 2.15. The van der Waals surface area contributed by atoms with Gasteiger partial charge in [-0.05, 0) is 48.1 Å². The number of hydrogen-bond donors (Lipinski definition) is 2. The van der Waals surface area contributed by atoms with Gasteiger partial charge in [-0.2, -0.15) is 0 Å². The van der Waals surface area contributed by atoms with Gasteiger partial charge < -0.3 is 11.1 Å². The molecule has 82 valence electrons. The molecule has 1 heterocycles. The van der Waals surface area contributed by atoms with Gasteiger partial charge in [0, 0.05) is 12.2 Å². The molecule has 0 saturated heterocycles. The predicted molar refractivity (Wildman–Crippen MR) is 64.8 cm³/mol. The highest BCUT2D eigenvalue weighted by molar-refractivity contribution is 5.55. The van der Waals surface area contributed by atoms with Crippen molar-refractivity contribution in [2.24, 2.45) is 5.92 Å². The summed E-state index contributed by atoms with van der Waals surface area (Å²) in [6.45, 7) is 6.56. The van der Waals surface area contributed by atoms with Crippen LogP contribution in [-0.2, 0) is 19.4 Å². The first-order chi connectivity index (χ1) is 7.18. The first-order valence-corrected chi connectivity index (χ1v) is 5.78. The molecule has 0 amide bonds. The Morgan fingerprint density at radius 2 is 2.13 bits per heavy atom. The second-order valence-corrected chi connectivity index (χ2v) is 4.80. The molecule has 0 spiro atoms. The molecule has 0 saturated carbocycles. The lowest BCUT2D eigenvalue weighted by Gasteiger charge is -2.23. The van der Waals surface area contributed by atoms with Crippen LogP contribution in [0.1, 0.15) is 30.5 Å². The van der Waals surface area contributed by atoms with Crippen LogP contribution in [0, 0.1) is 5.92 Å². The summed E-state index contributed by atoms with van der Waals surface area (Å²) in [5, 5.41) is 3.38. The average molecular weight is 204 g/mol. The topological polar surface area (TPSA) is 38.0 Å². The quantitative estimate of drug-likeness (QED) is 0.724. The van der Waals surface area contributed by atoms with Gasteiger partial charge in [0.05, 0.1) is 0 Å². The van der Waals surface area contributed by atoms with E-state index in [1.807, 2.05) is 0 Å². The van der Waals surface area contributed by atoms with Crippen molar-refractivity contribution in [2.45, 2.75) is 33.2 Å². The van der Waals surface area contributed by atoms with Crippen LogP contribution in [0.5, 0.6) is 0 Å². The van der Waals surface area contributed by atoms with Crippen molar-refractivity contribution in [3.8, 4) is 0 Å². The molecular weight excluding hydrogens is 184 g/mol. The molecule has 1 aliphatic heterocycles. The zero-order valence-electron chi connectivity index (χ0n) is 9.64. The van der Waals surface area contributed by atoms with Crippen molar-refractivity contribution in [3.63, 3.8) is 0 Å². The Bertz CT molecular complexity index is 356. The van der Waals surface area contributed by atoms with Gasteiger partial charge in [-0.1, -0.05) is 19.9 Å². The van der Waals surface area contributed by atoms with Crippen molar-refractivity contribution >= 4 is 5.69 Å². The molecule has 0 atom stereocenters. The molecule has 0 bridgehead atoms. The van der Waals surface area contributed by atoms with Crippen LogP contribution < -0.4 is 11.1 Å². The van der Waals surface area contributed by atoms with E-state index in [1.165, 1.54) is 23.1 Å². The molecule has 2 heteroatoms. The molecule has 0 aromatic heterocycles. The number of nitrogens with one attached hydrogen (secondary N) is 1. The summed E-state index contributed by atoms with van der Waals surface area (Å²) in [4.78, 5) is 0. The number of anilines is 1. The van der Waals surface area contributed by atoms with Crippen molar-refractivity contribution in [1.82, 2.24) is 5.32 Å². The van der Waals surface area contributed by atoms with E-state index in [0.717, 1.165) is 25.2 Å². The Morgan fingerprint density at radius 3 is 2.87 bits per heavy atom. The average Bonchev–Trinajstić information content (AvgIpc) is 2.22. The predicted octanol–water partition coefficient (Wildman–Crippen LogP) is 2.11. The number of nitrogens with two attached hydrogens (primary N) is 1. The SMILES string of the molecule is CC(C)Cc1ccc(N)c2c1CCNC2. The summed E-state index contributed by atoms with van der Waals surface area (Å²) >= 11 is 0. The highest BCUT2D eigenvalue weighted by Gasteiger charge is 2.15. The van der Waals surface area contributed by atoms with E-state index >= 15 is 0 Å². The second kappa shape index (κ2) is 4.23. The maximum absolute atomic E-state index is 6.00. The minimum atomic E-state index is 0.715. The van der Waals surface area contributed by atoms with E-state index < -0.39 is 0 Å². The molecule has 2 nitrogen and oxygen atoms in total. The highest BCUT2D eigenvalue weighted by Crippen LogP contribution is 2.26. The molecule has 1 aromatic rings.